The van der Waals surface area contributed by atoms with Gasteiger partial charge in [-0.3, -0.25) is 19.9 Å². The smallest absolute Gasteiger partial charge is 0.312 e. The van der Waals surface area contributed by atoms with Crippen molar-refractivity contribution in [2.75, 3.05) is 6.61 Å². The number of hydrogen-bond donors (Lipinski definition) is 0. The maximum Gasteiger partial charge on any atom is 0.312 e. The fourth-order valence-electron chi connectivity index (χ4n) is 1.10. The monoisotopic (exact) mass is 244 g/mol. The zero-order valence-electron chi connectivity index (χ0n) is 8.47. The first-order valence-electron chi connectivity index (χ1n) is 4.49. The second-order valence-electron chi connectivity index (χ2n) is 2.86. The molecule has 1 aromatic rings. The highest BCUT2D eigenvalue weighted by molar-refractivity contribution is 6.30. The van der Waals surface area contributed by atoms with E-state index in [4.69, 9.17) is 11.6 Å². The Bertz CT molecular complexity index is 422. The van der Waals surface area contributed by atoms with E-state index in [1.807, 2.05) is 0 Å². The molecular weight excluding hydrogens is 236 g/mol. The van der Waals surface area contributed by atoms with Crippen molar-refractivity contribution in [3.05, 3.63) is 33.1 Å². The van der Waals surface area contributed by atoms with Crippen LogP contribution in [0, 0.1) is 10.1 Å². The summed E-state index contributed by atoms with van der Waals surface area (Å²) < 4.78 is 4.68. The highest BCUT2D eigenvalue weighted by atomic mass is 35.5. The molecule has 0 radical (unpaired) electrons. The predicted molar refractivity (Wildman–Crippen MR) is 56.2 cm³/mol. The van der Waals surface area contributed by atoms with E-state index in [1.54, 1.807) is 6.92 Å². The van der Waals surface area contributed by atoms with Gasteiger partial charge in [0.2, 0.25) is 0 Å². The first kappa shape index (κ1) is 12.4. The fraction of sp³-hybridized carbons (Fsp3) is 0.333. The van der Waals surface area contributed by atoms with E-state index in [0.29, 0.717) is 0 Å². The van der Waals surface area contributed by atoms with Crippen molar-refractivity contribution in [3.8, 4) is 0 Å². The standard InChI is InChI=1S/C9H9ClN2O4/c1-2-16-9(13)4-7-8(12(14)15)3-6(10)5-11-7/h3,5H,2,4H2,1H3. The SMILES string of the molecule is CCOC(=O)Cc1ncc(Cl)cc1[N+](=O)[O-]. The third kappa shape index (κ3) is 3.16. The number of halogens is 1. The topological polar surface area (TPSA) is 82.3 Å². The molecule has 0 N–H and O–H groups in total. The number of esters is 1. The summed E-state index contributed by atoms with van der Waals surface area (Å²) in [6.45, 7) is 1.88. The number of nitrogens with zero attached hydrogens (tertiary/aromatic N) is 2. The molecule has 16 heavy (non-hydrogen) atoms. The van der Waals surface area contributed by atoms with Gasteiger partial charge in [0.1, 0.15) is 5.69 Å². The van der Waals surface area contributed by atoms with Gasteiger partial charge in [0, 0.05) is 12.3 Å². The molecule has 0 atom stereocenters. The number of nitro groups is 1. The molecule has 0 aromatic carbocycles. The van der Waals surface area contributed by atoms with Gasteiger partial charge in [-0.25, -0.2) is 0 Å². The van der Waals surface area contributed by atoms with Crippen LogP contribution in [-0.2, 0) is 16.0 Å². The van der Waals surface area contributed by atoms with Crippen molar-refractivity contribution in [2.24, 2.45) is 0 Å². The molecule has 0 bridgehead atoms. The van der Waals surface area contributed by atoms with Gasteiger partial charge < -0.3 is 4.74 Å². The Morgan fingerprint density at radius 3 is 2.94 bits per heavy atom. The van der Waals surface area contributed by atoms with Gasteiger partial charge in [-0.1, -0.05) is 11.6 Å². The van der Waals surface area contributed by atoms with Crippen LogP contribution >= 0.6 is 11.6 Å². The first-order valence-corrected chi connectivity index (χ1v) is 4.86. The molecule has 7 heteroatoms. The molecule has 0 aliphatic rings. The average Bonchev–Trinajstić information content (AvgIpc) is 2.20. The van der Waals surface area contributed by atoms with Crippen LogP contribution < -0.4 is 0 Å². The number of ether oxygens (including phenoxy) is 1. The Balaban J connectivity index is 2.95. The summed E-state index contributed by atoms with van der Waals surface area (Å²) in [6, 6.07) is 1.16. The average molecular weight is 245 g/mol. The highest BCUT2D eigenvalue weighted by Gasteiger charge is 2.19. The van der Waals surface area contributed by atoms with Crippen LogP contribution in [-0.4, -0.2) is 22.5 Å². The molecule has 0 spiro atoms. The summed E-state index contributed by atoms with van der Waals surface area (Å²) >= 11 is 5.58. The molecule has 86 valence electrons. The maximum absolute atomic E-state index is 11.2. The summed E-state index contributed by atoms with van der Waals surface area (Å²) in [7, 11) is 0. The van der Waals surface area contributed by atoms with Crippen LogP contribution in [0.2, 0.25) is 5.02 Å². The molecule has 0 aliphatic heterocycles. The van der Waals surface area contributed by atoms with Crippen LogP contribution in [0.25, 0.3) is 0 Å². The highest BCUT2D eigenvalue weighted by Crippen LogP contribution is 2.21. The lowest BCUT2D eigenvalue weighted by molar-refractivity contribution is -0.385. The fourth-order valence-corrected chi connectivity index (χ4v) is 1.25. The zero-order valence-corrected chi connectivity index (χ0v) is 9.23. The molecule has 0 unspecified atom stereocenters. The molecule has 0 fully saturated rings. The predicted octanol–water partition coefficient (Wildman–Crippen LogP) is 1.75. The van der Waals surface area contributed by atoms with E-state index in [1.165, 1.54) is 6.20 Å². The normalized spacial score (nSPS) is 9.88. The van der Waals surface area contributed by atoms with Crippen LogP contribution in [0.1, 0.15) is 12.6 Å². The van der Waals surface area contributed by atoms with Gasteiger partial charge in [-0.2, -0.15) is 0 Å². The van der Waals surface area contributed by atoms with Crippen molar-refractivity contribution in [1.29, 1.82) is 0 Å². The van der Waals surface area contributed by atoms with Gasteiger partial charge in [-0.15, -0.1) is 0 Å². The first-order chi connectivity index (χ1) is 7.54. The van der Waals surface area contributed by atoms with E-state index in [-0.39, 0.29) is 29.4 Å². The molecule has 0 saturated carbocycles. The molecule has 0 amide bonds. The Kier molecular flexibility index (Phi) is 4.19. The van der Waals surface area contributed by atoms with E-state index in [9.17, 15) is 14.9 Å². The van der Waals surface area contributed by atoms with Crippen molar-refractivity contribution in [2.45, 2.75) is 13.3 Å². The van der Waals surface area contributed by atoms with Gasteiger partial charge in [-0.05, 0) is 6.92 Å². The van der Waals surface area contributed by atoms with Crippen molar-refractivity contribution in [1.82, 2.24) is 4.98 Å². The number of aromatic nitrogens is 1. The quantitative estimate of drug-likeness (QED) is 0.458. The largest absolute Gasteiger partial charge is 0.466 e. The van der Waals surface area contributed by atoms with Crippen LogP contribution in [0.5, 0.6) is 0 Å². The second-order valence-corrected chi connectivity index (χ2v) is 3.29. The molecule has 1 rings (SSSR count). The van der Waals surface area contributed by atoms with Crippen LogP contribution in [0.15, 0.2) is 12.3 Å². The van der Waals surface area contributed by atoms with Crippen molar-refractivity contribution >= 4 is 23.3 Å². The third-order valence-corrected chi connectivity index (χ3v) is 1.93. The summed E-state index contributed by atoms with van der Waals surface area (Å²) in [5, 5.41) is 10.8. The maximum atomic E-state index is 11.2. The molecule has 1 aromatic heterocycles. The van der Waals surface area contributed by atoms with Gasteiger partial charge in [0.15, 0.2) is 0 Å². The summed E-state index contributed by atoms with van der Waals surface area (Å²) in [5.41, 5.74) is -0.228. The van der Waals surface area contributed by atoms with Gasteiger partial charge in [0.05, 0.1) is 23.0 Å². The van der Waals surface area contributed by atoms with E-state index in [2.05, 4.69) is 9.72 Å². The molecular formula is C9H9ClN2O4. The van der Waals surface area contributed by atoms with Crippen molar-refractivity contribution < 1.29 is 14.5 Å². The Morgan fingerprint density at radius 1 is 1.69 bits per heavy atom. The zero-order chi connectivity index (χ0) is 12.1. The lowest BCUT2D eigenvalue weighted by Crippen LogP contribution is -2.10. The Hall–Kier alpha value is -1.69. The number of pyridine rings is 1. The van der Waals surface area contributed by atoms with Crippen molar-refractivity contribution in [3.63, 3.8) is 0 Å². The Labute approximate surface area is 96.3 Å². The van der Waals surface area contributed by atoms with Gasteiger partial charge in [0.25, 0.3) is 5.69 Å². The number of rotatable bonds is 4. The molecule has 0 saturated heterocycles. The van der Waals surface area contributed by atoms with E-state index in [0.717, 1.165) is 6.07 Å². The minimum Gasteiger partial charge on any atom is -0.466 e. The molecule has 6 nitrogen and oxygen atoms in total. The molecule has 1 heterocycles. The lowest BCUT2D eigenvalue weighted by Gasteiger charge is -2.02. The third-order valence-electron chi connectivity index (χ3n) is 1.73. The molecule has 0 aliphatic carbocycles. The minimum atomic E-state index is -0.632. The summed E-state index contributed by atoms with van der Waals surface area (Å²) in [4.78, 5) is 24.9. The number of carbonyl (C=O) groups excluding carboxylic acids is 1. The van der Waals surface area contributed by atoms with E-state index >= 15 is 0 Å². The summed E-state index contributed by atoms with van der Waals surface area (Å²) in [6.07, 6.45) is 1.02. The van der Waals surface area contributed by atoms with Crippen LogP contribution in [0.4, 0.5) is 5.69 Å². The number of hydrogen-bond acceptors (Lipinski definition) is 5. The minimum absolute atomic E-state index is 0.0489. The Morgan fingerprint density at radius 2 is 2.38 bits per heavy atom. The lowest BCUT2D eigenvalue weighted by atomic mass is 10.2. The summed E-state index contributed by atoms with van der Waals surface area (Å²) in [5.74, 6) is -0.555. The van der Waals surface area contributed by atoms with Crippen LogP contribution in [0.3, 0.4) is 0 Å². The number of carbonyl (C=O) groups is 1. The second kappa shape index (κ2) is 5.41. The van der Waals surface area contributed by atoms with Gasteiger partial charge >= 0.3 is 5.97 Å². The van der Waals surface area contributed by atoms with E-state index < -0.39 is 10.9 Å².